The van der Waals surface area contributed by atoms with Crippen molar-refractivity contribution in [1.82, 2.24) is 0 Å². The maximum Gasteiger partial charge on any atom is 0.243 e. The van der Waals surface area contributed by atoms with Crippen LogP contribution >= 0.6 is 12.4 Å². The van der Waals surface area contributed by atoms with Crippen LogP contribution in [0.3, 0.4) is 0 Å². The monoisotopic (exact) mass is 270 g/mol. The maximum atomic E-state index is 12.2. The molecule has 0 bridgehead atoms. The molecule has 1 aromatic carbocycles. The summed E-state index contributed by atoms with van der Waals surface area (Å²) in [5.41, 5.74) is 6.86. The van der Waals surface area contributed by atoms with Gasteiger partial charge < -0.3 is 10.6 Å². The second-order valence-electron chi connectivity index (χ2n) is 4.65. The van der Waals surface area contributed by atoms with E-state index in [4.69, 9.17) is 5.73 Å². The van der Waals surface area contributed by atoms with Crippen LogP contribution in [0, 0.1) is 5.92 Å². The van der Waals surface area contributed by atoms with Crippen molar-refractivity contribution in [3.05, 3.63) is 30.3 Å². The molecule has 0 unspecified atom stereocenters. The highest BCUT2D eigenvalue weighted by molar-refractivity contribution is 5.96. The van der Waals surface area contributed by atoms with Crippen LogP contribution in [0.5, 0.6) is 0 Å². The summed E-state index contributed by atoms with van der Waals surface area (Å²) in [5.74, 6) is 0.441. The summed E-state index contributed by atoms with van der Waals surface area (Å²) in [5, 5.41) is 0. The predicted octanol–water partition coefficient (Wildman–Crippen LogP) is 2.83. The molecule has 0 aliphatic carbocycles. The van der Waals surface area contributed by atoms with Gasteiger partial charge in [0.05, 0.1) is 6.04 Å². The van der Waals surface area contributed by atoms with Gasteiger partial charge in [-0.05, 0) is 31.4 Å². The number of rotatable bonds is 5. The molecule has 18 heavy (non-hydrogen) atoms. The summed E-state index contributed by atoms with van der Waals surface area (Å²) >= 11 is 0. The third-order valence-corrected chi connectivity index (χ3v) is 2.69. The van der Waals surface area contributed by atoms with Gasteiger partial charge in [0, 0.05) is 12.2 Å². The second-order valence-corrected chi connectivity index (χ2v) is 4.65. The van der Waals surface area contributed by atoms with Crippen molar-refractivity contribution < 1.29 is 4.79 Å². The summed E-state index contributed by atoms with van der Waals surface area (Å²) in [6.45, 7) is 6.76. The first-order chi connectivity index (χ1) is 8.06. The first kappa shape index (κ1) is 16.9. The van der Waals surface area contributed by atoms with Gasteiger partial charge in [-0.1, -0.05) is 32.0 Å². The number of carbonyl (C=O) groups is 1. The number of nitrogens with two attached hydrogens (primary N) is 1. The van der Waals surface area contributed by atoms with Gasteiger partial charge in [0.1, 0.15) is 0 Å². The number of hydrogen-bond donors (Lipinski definition) is 1. The third kappa shape index (κ3) is 4.67. The largest absolute Gasteiger partial charge is 0.320 e. The Kier molecular flexibility index (Phi) is 7.64. The number of halogens is 1. The molecule has 0 spiro atoms. The number of nitrogens with zero attached hydrogens (tertiary/aromatic N) is 1. The van der Waals surface area contributed by atoms with Crippen molar-refractivity contribution in [2.24, 2.45) is 11.7 Å². The molecule has 1 aromatic rings. The molecule has 102 valence electrons. The number of benzene rings is 1. The van der Waals surface area contributed by atoms with E-state index in [1.807, 2.05) is 37.3 Å². The Bertz CT molecular complexity index is 354. The van der Waals surface area contributed by atoms with E-state index in [-0.39, 0.29) is 18.3 Å². The summed E-state index contributed by atoms with van der Waals surface area (Å²) < 4.78 is 0. The number of para-hydroxylation sites is 1. The molecule has 2 N–H and O–H groups in total. The zero-order valence-corrected chi connectivity index (χ0v) is 12.1. The molecule has 0 heterocycles. The fourth-order valence-electron chi connectivity index (χ4n) is 1.88. The van der Waals surface area contributed by atoms with Crippen molar-refractivity contribution >= 4 is 24.0 Å². The van der Waals surface area contributed by atoms with Gasteiger partial charge in [0.15, 0.2) is 0 Å². The molecule has 0 saturated carbocycles. The quantitative estimate of drug-likeness (QED) is 0.894. The van der Waals surface area contributed by atoms with Crippen molar-refractivity contribution in [3.8, 4) is 0 Å². The van der Waals surface area contributed by atoms with E-state index in [9.17, 15) is 4.79 Å². The normalized spacial score (nSPS) is 11.8. The second kappa shape index (κ2) is 8.11. The van der Waals surface area contributed by atoms with Crippen molar-refractivity contribution in [2.45, 2.75) is 33.2 Å². The number of hydrogen-bond acceptors (Lipinski definition) is 2. The lowest BCUT2D eigenvalue weighted by Crippen LogP contribution is -2.44. The van der Waals surface area contributed by atoms with Gasteiger partial charge in [-0.3, -0.25) is 4.79 Å². The molecule has 0 aliphatic rings. The van der Waals surface area contributed by atoms with Crippen LogP contribution in [0.4, 0.5) is 5.69 Å². The van der Waals surface area contributed by atoms with Crippen LogP contribution in [0.2, 0.25) is 0 Å². The van der Waals surface area contributed by atoms with Crippen LogP contribution in [0.15, 0.2) is 30.3 Å². The van der Waals surface area contributed by atoms with Gasteiger partial charge in [0.2, 0.25) is 5.91 Å². The molecule has 1 atom stereocenters. The SMILES string of the molecule is CCN(C(=O)[C@@H](N)CC(C)C)c1ccccc1.Cl. The molecule has 1 rings (SSSR count). The molecule has 3 nitrogen and oxygen atoms in total. The summed E-state index contributed by atoms with van der Waals surface area (Å²) in [4.78, 5) is 14.0. The fraction of sp³-hybridized carbons (Fsp3) is 0.500. The van der Waals surface area contributed by atoms with E-state index in [0.29, 0.717) is 12.5 Å². The van der Waals surface area contributed by atoms with Crippen LogP contribution in [0.1, 0.15) is 27.2 Å². The van der Waals surface area contributed by atoms with Crippen LogP contribution in [-0.4, -0.2) is 18.5 Å². The lowest BCUT2D eigenvalue weighted by atomic mass is 10.0. The Morgan fingerprint density at radius 1 is 1.28 bits per heavy atom. The minimum absolute atomic E-state index is 0. The predicted molar refractivity (Wildman–Crippen MR) is 79.1 cm³/mol. The average molecular weight is 271 g/mol. The average Bonchev–Trinajstić information content (AvgIpc) is 2.30. The number of amides is 1. The lowest BCUT2D eigenvalue weighted by Gasteiger charge is -2.25. The van der Waals surface area contributed by atoms with E-state index >= 15 is 0 Å². The number of likely N-dealkylation sites (N-methyl/N-ethyl adjacent to an activating group) is 1. The third-order valence-electron chi connectivity index (χ3n) is 2.69. The molecule has 0 aromatic heterocycles. The van der Waals surface area contributed by atoms with Crippen LogP contribution in [0.25, 0.3) is 0 Å². The minimum atomic E-state index is -0.407. The number of carbonyl (C=O) groups excluding carboxylic acids is 1. The van der Waals surface area contributed by atoms with Crippen LogP contribution < -0.4 is 10.6 Å². The van der Waals surface area contributed by atoms with Gasteiger partial charge in [0.25, 0.3) is 0 Å². The van der Waals surface area contributed by atoms with Crippen molar-refractivity contribution in [1.29, 1.82) is 0 Å². The Morgan fingerprint density at radius 2 is 1.83 bits per heavy atom. The molecule has 0 saturated heterocycles. The first-order valence-electron chi connectivity index (χ1n) is 6.18. The van der Waals surface area contributed by atoms with E-state index in [1.54, 1.807) is 4.90 Å². The smallest absolute Gasteiger partial charge is 0.243 e. The van der Waals surface area contributed by atoms with Gasteiger partial charge in [-0.2, -0.15) is 0 Å². The number of anilines is 1. The molecule has 0 radical (unpaired) electrons. The molecular weight excluding hydrogens is 248 g/mol. The Balaban J connectivity index is 0.00000289. The van der Waals surface area contributed by atoms with Crippen LogP contribution in [-0.2, 0) is 4.79 Å². The summed E-state index contributed by atoms with van der Waals surface area (Å²) in [7, 11) is 0. The lowest BCUT2D eigenvalue weighted by molar-refractivity contribution is -0.120. The highest BCUT2D eigenvalue weighted by Gasteiger charge is 2.21. The highest BCUT2D eigenvalue weighted by atomic mass is 35.5. The van der Waals surface area contributed by atoms with Gasteiger partial charge >= 0.3 is 0 Å². The molecule has 0 fully saturated rings. The van der Waals surface area contributed by atoms with Crippen molar-refractivity contribution in [2.75, 3.05) is 11.4 Å². The van der Waals surface area contributed by atoms with Gasteiger partial charge in [-0.25, -0.2) is 0 Å². The minimum Gasteiger partial charge on any atom is -0.320 e. The van der Waals surface area contributed by atoms with Crippen molar-refractivity contribution in [3.63, 3.8) is 0 Å². The standard InChI is InChI=1S/C14H22N2O.ClH/c1-4-16(12-8-6-5-7-9-12)14(17)13(15)10-11(2)3;/h5-9,11,13H,4,10,15H2,1-3H3;1H/t13-;/m0./s1. The van der Waals surface area contributed by atoms with E-state index in [2.05, 4.69) is 13.8 Å². The maximum absolute atomic E-state index is 12.2. The fourth-order valence-corrected chi connectivity index (χ4v) is 1.88. The van der Waals surface area contributed by atoms with Gasteiger partial charge in [-0.15, -0.1) is 12.4 Å². The van der Waals surface area contributed by atoms with E-state index in [0.717, 1.165) is 12.1 Å². The van der Waals surface area contributed by atoms with E-state index in [1.165, 1.54) is 0 Å². The Morgan fingerprint density at radius 3 is 2.28 bits per heavy atom. The zero-order valence-electron chi connectivity index (χ0n) is 11.3. The molecule has 0 aliphatic heterocycles. The molecular formula is C14H23ClN2O. The highest BCUT2D eigenvalue weighted by Crippen LogP contribution is 2.15. The summed E-state index contributed by atoms with van der Waals surface area (Å²) in [6, 6.07) is 9.26. The zero-order chi connectivity index (χ0) is 12.8. The molecule has 4 heteroatoms. The Hall–Kier alpha value is -1.06. The molecule has 1 amide bonds. The summed E-state index contributed by atoms with van der Waals surface area (Å²) in [6.07, 6.45) is 0.724. The first-order valence-corrected chi connectivity index (χ1v) is 6.18. The Labute approximate surface area is 116 Å². The van der Waals surface area contributed by atoms with E-state index < -0.39 is 6.04 Å². The topological polar surface area (TPSA) is 46.3 Å².